The molecule has 3 N–H and O–H groups in total. The number of aromatic amines is 1. The third kappa shape index (κ3) is 2.32. The van der Waals surface area contributed by atoms with Crippen LogP contribution in [-0.2, 0) is 5.41 Å². The molecule has 0 aliphatic heterocycles. The summed E-state index contributed by atoms with van der Waals surface area (Å²) in [5, 5.41) is 20.6. The van der Waals surface area contributed by atoms with Crippen molar-refractivity contribution < 1.29 is 10.2 Å². The van der Waals surface area contributed by atoms with Crippen LogP contribution in [0.3, 0.4) is 0 Å². The van der Waals surface area contributed by atoms with Crippen LogP contribution >= 0.6 is 0 Å². The van der Waals surface area contributed by atoms with Gasteiger partial charge in [0, 0.05) is 17.2 Å². The average molecular weight is 360 g/mol. The van der Waals surface area contributed by atoms with Crippen LogP contribution in [0, 0.1) is 17.8 Å². The maximum absolute atomic E-state index is 11.0. The summed E-state index contributed by atoms with van der Waals surface area (Å²) in [5.41, 5.74) is 3.84. The molecule has 4 aliphatic rings. The van der Waals surface area contributed by atoms with Crippen LogP contribution in [0.25, 0.3) is 22.4 Å². The van der Waals surface area contributed by atoms with Gasteiger partial charge in [-0.25, -0.2) is 4.98 Å². The standard InChI is InChI=1S/C23H24N2O2/c26-17-2-4-19-20(9-17)25-22(24-19)16-1-3-18(21(27)8-16)23-10-13-5-14(11-23)7-15(6-13)12-23/h1-4,8-9,13-15,26-27H,5-7,10-12H2,(H,24,25). The minimum absolute atomic E-state index is 0.191. The molecule has 0 spiro atoms. The van der Waals surface area contributed by atoms with Crippen LogP contribution in [-0.4, -0.2) is 20.2 Å². The van der Waals surface area contributed by atoms with E-state index in [4.69, 9.17) is 0 Å². The van der Waals surface area contributed by atoms with Crippen molar-refractivity contribution in [3.63, 3.8) is 0 Å². The molecule has 4 bridgehead atoms. The van der Waals surface area contributed by atoms with Crippen molar-refractivity contribution in [3.8, 4) is 22.9 Å². The molecule has 4 heteroatoms. The van der Waals surface area contributed by atoms with E-state index in [0.717, 1.165) is 45.7 Å². The lowest BCUT2D eigenvalue weighted by atomic mass is 9.48. The molecular formula is C23H24N2O2. The molecule has 138 valence electrons. The van der Waals surface area contributed by atoms with Crippen molar-refractivity contribution in [1.29, 1.82) is 0 Å². The third-order valence-corrected chi connectivity index (χ3v) is 7.35. The number of phenolic OH excluding ortho intramolecular Hbond substituents is 2. The summed E-state index contributed by atoms with van der Waals surface area (Å²) in [6.07, 6.45) is 7.96. The van der Waals surface area contributed by atoms with E-state index in [2.05, 4.69) is 22.1 Å². The fourth-order valence-corrected chi connectivity index (χ4v) is 6.70. The summed E-state index contributed by atoms with van der Waals surface area (Å²) in [4.78, 5) is 7.87. The molecule has 7 rings (SSSR count). The molecule has 3 aromatic rings. The van der Waals surface area contributed by atoms with E-state index in [1.54, 1.807) is 12.1 Å². The zero-order chi connectivity index (χ0) is 18.2. The number of benzene rings is 2. The Morgan fingerprint density at radius 1 is 0.889 bits per heavy atom. The first-order valence-electron chi connectivity index (χ1n) is 10.1. The molecule has 0 unspecified atom stereocenters. The third-order valence-electron chi connectivity index (χ3n) is 7.35. The van der Waals surface area contributed by atoms with E-state index >= 15 is 0 Å². The molecule has 0 saturated heterocycles. The summed E-state index contributed by atoms with van der Waals surface area (Å²) < 4.78 is 0. The van der Waals surface area contributed by atoms with Gasteiger partial charge in [-0.1, -0.05) is 12.1 Å². The lowest BCUT2D eigenvalue weighted by Crippen LogP contribution is -2.48. The first-order valence-corrected chi connectivity index (χ1v) is 10.1. The number of nitrogens with one attached hydrogen (secondary N) is 1. The quantitative estimate of drug-likeness (QED) is 0.595. The number of H-pyrrole nitrogens is 1. The van der Waals surface area contributed by atoms with Gasteiger partial charge < -0.3 is 15.2 Å². The van der Waals surface area contributed by atoms with E-state index in [1.807, 2.05) is 12.1 Å². The highest BCUT2D eigenvalue weighted by Gasteiger charge is 2.52. The molecule has 4 fully saturated rings. The Kier molecular flexibility index (Phi) is 3.04. The summed E-state index contributed by atoms with van der Waals surface area (Å²) in [5.74, 6) is 3.93. The van der Waals surface area contributed by atoms with E-state index in [0.29, 0.717) is 5.75 Å². The number of fused-ring (bicyclic) bond motifs is 1. The Morgan fingerprint density at radius 2 is 1.59 bits per heavy atom. The van der Waals surface area contributed by atoms with Crippen molar-refractivity contribution >= 4 is 11.0 Å². The first kappa shape index (κ1) is 15.6. The van der Waals surface area contributed by atoms with Gasteiger partial charge in [0.1, 0.15) is 17.3 Å². The SMILES string of the molecule is Oc1ccc2[nH]c(-c3ccc(C45CC6CC(CC(C6)C4)C5)c(O)c3)nc2c1. The number of rotatable bonds is 2. The van der Waals surface area contributed by atoms with Gasteiger partial charge in [0.15, 0.2) is 0 Å². The highest BCUT2D eigenvalue weighted by Crippen LogP contribution is 2.61. The van der Waals surface area contributed by atoms with Gasteiger partial charge in [0.2, 0.25) is 0 Å². The van der Waals surface area contributed by atoms with Crippen LogP contribution in [0.4, 0.5) is 0 Å². The lowest BCUT2D eigenvalue weighted by molar-refractivity contribution is -0.00612. The molecule has 1 aromatic heterocycles. The smallest absolute Gasteiger partial charge is 0.138 e. The normalized spacial score (nSPS) is 31.6. The van der Waals surface area contributed by atoms with Gasteiger partial charge in [-0.05, 0) is 79.9 Å². The Hall–Kier alpha value is -2.49. The van der Waals surface area contributed by atoms with Crippen LogP contribution in [0.2, 0.25) is 0 Å². The van der Waals surface area contributed by atoms with Gasteiger partial charge >= 0.3 is 0 Å². The summed E-state index contributed by atoms with van der Waals surface area (Å²) in [6.45, 7) is 0. The fourth-order valence-electron chi connectivity index (χ4n) is 6.70. The number of hydrogen-bond donors (Lipinski definition) is 3. The predicted octanol–water partition coefficient (Wildman–Crippen LogP) is 5.11. The molecule has 27 heavy (non-hydrogen) atoms. The minimum Gasteiger partial charge on any atom is -0.508 e. The molecule has 4 nitrogen and oxygen atoms in total. The average Bonchev–Trinajstić information content (AvgIpc) is 3.03. The fraction of sp³-hybridized carbons (Fsp3) is 0.435. The summed E-state index contributed by atoms with van der Waals surface area (Å²) in [6, 6.07) is 11.2. The molecule has 0 amide bonds. The molecular weight excluding hydrogens is 336 g/mol. The van der Waals surface area contributed by atoms with Gasteiger partial charge in [-0.15, -0.1) is 0 Å². The maximum atomic E-state index is 11.0. The summed E-state index contributed by atoms with van der Waals surface area (Å²) in [7, 11) is 0. The van der Waals surface area contributed by atoms with E-state index in [1.165, 1.54) is 38.5 Å². The van der Waals surface area contributed by atoms with E-state index < -0.39 is 0 Å². The van der Waals surface area contributed by atoms with Gasteiger partial charge in [-0.2, -0.15) is 0 Å². The highest BCUT2D eigenvalue weighted by molar-refractivity contribution is 5.81. The van der Waals surface area contributed by atoms with Gasteiger partial charge in [-0.3, -0.25) is 0 Å². The zero-order valence-electron chi connectivity index (χ0n) is 15.3. The molecule has 2 aromatic carbocycles. The Balaban J connectivity index is 1.39. The molecule has 0 atom stereocenters. The summed E-state index contributed by atoms with van der Waals surface area (Å²) >= 11 is 0. The van der Waals surface area contributed by atoms with E-state index in [-0.39, 0.29) is 11.2 Å². The number of phenols is 2. The number of nitrogens with zero attached hydrogens (tertiary/aromatic N) is 1. The van der Waals surface area contributed by atoms with Crippen LogP contribution in [0.15, 0.2) is 36.4 Å². The first-order chi connectivity index (χ1) is 13.1. The van der Waals surface area contributed by atoms with Gasteiger partial charge in [0.25, 0.3) is 0 Å². The number of aromatic hydroxyl groups is 2. The predicted molar refractivity (Wildman–Crippen MR) is 105 cm³/mol. The van der Waals surface area contributed by atoms with Crippen molar-refractivity contribution in [1.82, 2.24) is 9.97 Å². The van der Waals surface area contributed by atoms with Gasteiger partial charge in [0.05, 0.1) is 11.0 Å². The maximum Gasteiger partial charge on any atom is 0.138 e. The van der Waals surface area contributed by atoms with Crippen LogP contribution < -0.4 is 0 Å². The Morgan fingerprint density at radius 3 is 2.26 bits per heavy atom. The van der Waals surface area contributed by atoms with Crippen molar-refractivity contribution in [2.75, 3.05) is 0 Å². The number of aromatic nitrogens is 2. The monoisotopic (exact) mass is 360 g/mol. The van der Waals surface area contributed by atoms with Crippen molar-refractivity contribution in [3.05, 3.63) is 42.0 Å². The van der Waals surface area contributed by atoms with Crippen molar-refractivity contribution in [2.45, 2.75) is 43.9 Å². The van der Waals surface area contributed by atoms with E-state index in [9.17, 15) is 10.2 Å². The second-order valence-corrected chi connectivity index (χ2v) is 9.22. The molecule has 1 heterocycles. The Labute approximate surface area is 158 Å². The lowest BCUT2D eigenvalue weighted by Gasteiger charge is -2.57. The highest BCUT2D eigenvalue weighted by atomic mass is 16.3. The molecule has 4 saturated carbocycles. The van der Waals surface area contributed by atoms with Crippen LogP contribution in [0.1, 0.15) is 44.1 Å². The topological polar surface area (TPSA) is 69.1 Å². The minimum atomic E-state index is 0.191. The zero-order valence-corrected chi connectivity index (χ0v) is 15.3. The largest absolute Gasteiger partial charge is 0.508 e. The van der Waals surface area contributed by atoms with Crippen molar-refractivity contribution in [2.24, 2.45) is 17.8 Å². The van der Waals surface area contributed by atoms with Crippen LogP contribution in [0.5, 0.6) is 11.5 Å². The Bertz CT molecular complexity index is 1020. The molecule has 4 aliphatic carbocycles. The number of imidazole rings is 1. The second-order valence-electron chi connectivity index (χ2n) is 9.22. The number of hydrogen-bond acceptors (Lipinski definition) is 3. The molecule has 0 radical (unpaired) electrons. The second kappa shape index (κ2) is 5.28.